The molecule has 0 spiro atoms. The maximum Gasteiger partial charge on any atom is 0.305 e. The molecule has 0 aliphatic rings. The summed E-state index contributed by atoms with van der Waals surface area (Å²) in [5, 5.41) is 14.3. The number of nitrogens with one attached hydrogen (secondary N) is 2. The molecule has 0 saturated heterocycles. The second-order valence-corrected chi connectivity index (χ2v) is 6.21. The van der Waals surface area contributed by atoms with Crippen LogP contribution in [0.5, 0.6) is 0 Å². The van der Waals surface area contributed by atoms with E-state index in [-0.39, 0.29) is 18.9 Å². The third-order valence-corrected chi connectivity index (χ3v) is 4.24. The van der Waals surface area contributed by atoms with Crippen molar-refractivity contribution in [3.05, 3.63) is 34.3 Å². The summed E-state index contributed by atoms with van der Waals surface area (Å²) in [6.07, 6.45) is 0.855. The van der Waals surface area contributed by atoms with Gasteiger partial charge in [0.1, 0.15) is 0 Å². The van der Waals surface area contributed by atoms with E-state index in [1.807, 2.05) is 13.8 Å². The van der Waals surface area contributed by atoms with Crippen molar-refractivity contribution in [1.29, 1.82) is 0 Å². The molecule has 0 heterocycles. The molecule has 0 aromatic heterocycles. The van der Waals surface area contributed by atoms with Gasteiger partial charge in [-0.25, -0.2) is 0 Å². The van der Waals surface area contributed by atoms with E-state index < -0.39 is 17.4 Å². The predicted octanol–water partition coefficient (Wildman–Crippen LogP) is 2.33. The molecule has 2 amide bonds. The van der Waals surface area contributed by atoms with Crippen LogP contribution in [-0.2, 0) is 9.59 Å². The largest absolute Gasteiger partial charge is 0.481 e. The van der Waals surface area contributed by atoms with E-state index >= 15 is 0 Å². The Labute approximate surface area is 143 Å². The first-order valence-corrected chi connectivity index (χ1v) is 8.17. The van der Waals surface area contributed by atoms with E-state index in [1.165, 1.54) is 0 Å². The number of hydrogen-bond donors (Lipinski definition) is 3. The molecule has 0 aliphatic carbocycles. The number of hydrogen-bond acceptors (Lipinski definition) is 3. The Morgan fingerprint density at radius 2 is 1.87 bits per heavy atom. The van der Waals surface area contributed by atoms with Gasteiger partial charge in [-0.05, 0) is 31.0 Å². The summed E-state index contributed by atoms with van der Waals surface area (Å²) in [4.78, 5) is 35.0. The van der Waals surface area contributed by atoms with E-state index in [0.29, 0.717) is 18.4 Å². The standard InChI is InChI=1S/C16H21BrN2O4/c1-3-16(4-2,9-14(21)22)19-13(20)10-18-15(23)11-6-5-7-12(17)8-11/h5-8H,3-4,9-10H2,1-2H3,(H,18,23)(H,19,20)(H,21,22). The van der Waals surface area contributed by atoms with Crippen molar-refractivity contribution in [2.75, 3.05) is 6.54 Å². The Kier molecular flexibility index (Phi) is 7.22. The zero-order chi connectivity index (χ0) is 17.5. The fourth-order valence-corrected chi connectivity index (χ4v) is 2.64. The van der Waals surface area contributed by atoms with Crippen LogP contribution in [0.4, 0.5) is 0 Å². The van der Waals surface area contributed by atoms with Crippen LogP contribution in [0, 0.1) is 0 Å². The van der Waals surface area contributed by atoms with E-state index in [4.69, 9.17) is 5.11 Å². The van der Waals surface area contributed by atoms with Gasteiger partial charge in [0.25, 0.3) is 5.91 Å². The minimum absolute atomic E-state index is 0.148. The number of amides is 2. The van der Waals surface area contributed by atoms with Gasteiger partial charge in [0, 0.05) is 10.0 Å². The average Bonchev–Trinajstić information content (AvgIpc) is 2.51. The van der Waals surface area contributed by atoms with Gasteiger partial charge in [0.2, 0.25) is 5.91 Å². The maximum absolute atomic E-state index is 12.0. The first-order valence-electron chi connectivity index (χ1n) is 7.38. The number of benzene rings is 1. The number of carboxylic acid groups (broad SMARTS) is 1. The van der Waals surface area contributed by atoms with E-state index in [2.05, 4.69) is 26.6 Å². The smallest absolute Gasteiger partial charge is 0.305 e. The molecule has 7 heteroatoms. The highest BCUT2D eigenvalue weighted by Gasteiger charge is 2.30. The molecule has 126 valence electrons. The summed E-state index contributed by atoms with van der Waals surface area (Å²) in [6, 6.07) is 6.82. The number of carbonyl (C=O) groups is 3. The third kappa shape index (κ3) is 6.02. The van der Waals surface area contributed by atoms with Gasteiger partial charge in [-0.2, -0.15) is 0 Å². The Morgan fingerprint density at radius 1 is 1.22 bits per heavy atom. The summed E-state index contributed by atoms with van der Waals surface area (Å²) in [5.74, 6) is -1.73. The van der Waals surface area contributed by atoms with Crippen molar-refractivity contribution in [3.8, 4) is 0 Å². The van der Waals surface area contributed by atoms with Gasteiger partial charge in [-0.15, -0.1) is 0 Å². The second kappa shape index (κ2) is 8.67. The first-order chi connectivity index (χ1) is 10.8. The minimum Gasteiger partial charge on any atom is -0.481 e. The van der Waals surface area contributed by atoms with Crippen LogP contribution in [0.2, 0.25) is 0 Å². The SMILES string of the molecule is CCC(CC)(CC(=O)O)NC(=O)CNC(=O)c1cccc(Br)c1. The highest BCUT2D eigenvalue weighted by molar-refractivity contribution is 9.10. The zero-order valence-electron chi connectivity index (χ0n) is 13.2. The second-order valence-electron chi connectivity index (χ2n) is 5.30. The lowest BCUT2D eigenvalue weighted by Crippen LogP contribution is -2.52. The Bertz CT molecular complexity index is 585. The lowest BCUT2D eigenvalue weighted by Gasteiger charge is -2.31. The van der Waals surface area contributed by atoms with Gasteiger partial charge in [-0.1, -0.05) is 35.8 Å². The van der Waals surface area contributed by atoms with Crippen molar-refractivity contribution in [3.63, 3.8) is 0 Å². The molecule has 1 aromatic carbocycles. The summed E-state index contributed by atoms with van der Waals surface area (Å²) in [7, 11) is 0. The molecule has 23 heavy (non-hydrogen) atoms. The monoisotopic (exact) mass is 384 g/mol. The van der Waals surface area contributed by atoms with E-state index in [0.717, 1.165) is 4.47 Å². The Balaban J connectivity index is 2.61. The molecule has 0 bridgehead atoms. The summed E-state index contributed by atoms with van der Waals surface area (Å²) in [6.45, 7) is 3.45. The molecule has 1 aromatic rings. The molecule has 0 unspecified atom stereocenters. The van der Waals surface area contributed by atoms with Gasteiger partial charge in [0.05, 0.1) is 18.5 Å². The lowest BCUT2D eigenvalue weighted by atomic mass is 9.89. The van der Waals surface area contributed by atoms with Crippen LogP contribution >= 0.6 is 15.9 Å². The lowest BCUT2D eigenvalue weighted by molar-refractivity contribution is -0.139. The topological polar surface area (TPSA) is 95.5 Å². The van der Waals surface area contributed by atoms with Crippen LogP contribution in [0.15, 0.2) is 28.7 Å². The maximum atomic E-state index is 12.0. The summed E-state index contributed by atoms with van der Waals surface area (Å²) in [5.41, 5.74) is -0.348. The van der Waals surface area contributed by atoms with Gasteiger partial charge >= 0.3 is 5.97 Å². The fraction of sp³-hybridized carbons (Fsp3) is 0.438. The normalized spacial score (nSPS) is 10.9. The first kappa shape index (κ1) is 19.2. The predicted molar refractivity (Wildman–Crippen MR) is 90.2 cm³/mol. The molecule has 3 N–H and O–H groups in total. The van der Waals surface area contributed by atoms with E-state index in [9.17, 15) is 14.4 Å². The minimum atomic E-state index is -0.966. The van der Waals surface area contributed by atoms with Crippen LogP contribution in [-0.4, -0.2) is 35.0 Å². The molecule has 1 rings (SSSR count). The quantitative estimate of drug-likeness (QED) is 0.640. The van der Waals surface area contributed by atoms with Crippen molar-refractivity contribution >= 4 is 33.7 Å². The molecule has 6 nitrogen and oxygen atoms in total. The Morgan fingerprint density at radius 3 is 2.39 bits per heavy atom. The third-order valence-electron chi connectivity index (χ3n) is 3.74. The van der Waals surface area contributed by atoms with Gasteiger partial charge < -0.3 is 15.7 Å². The number of carbonyl (C=O) groups excluding carboxylic acids is 2. The molecule has 0 atom stereocenters. The number of aliphatic carboxylic acids is 1. The molecular formula is C16H21BrN2O4. The summed E-state index contributed by atoms with van der Waals surface area (Å²) >= 11 is 3.28. The average molecular weight is 385 g/mol. The highest BCUT2D eigenvalue weighted by Crippen LogP contribution is 2.19. The van der Waals surface area contributed by atoms with E-state index in [1.54, 1.807) is 24.3 Å². The van der Waals surface area contributed by atoms with Crippen LogP contribution in [0.3, 0.4) is 0 Å². The zero-order valence-corrected chi connectivity index (χ0v) is 14.8. The number of rotatable bonds is 8. The number of carboxylic acids is 1. The molecule has 0 aliphatic heterocycles. The van der Waals surface area contributed by atoms with Crippen LogP contribution < -0.4 is 10.6 Å². The molecule has 0 saturated carbocycles. The Hall–Kier alpha value is -1.89. The van der Waals surface area contributed by atoms with Crippen LogP contribution in [0.25, 0.3) is 0 Å². The van der Waals surface area contributed by atoms with Crippen LogP contribution in [0.1, 0.15) is 43.5 Å². The van der Waals surface area contributed by atoms with Crippen molar-refractivity contribution in [1.82, 2.24) is 10.6 Å². The molecule has 0 fully saturated rings. The van der Waals surface area contributed by atoms with Crippen molar-refractivity contribution in [2.24, 2.45) is 0 Å². The highest BCUT2D eigenvalue weighted by atomic mass is 79.9. The van der Waals surface area contributed by atoms with Crippen molar-refractivity contribution in [2.45, 2.75) is 38.6 Å². The fourth-order valence-electron chi connectivity index (χ4n) is 2.24. The van der Waals surface area contributed by atoms with Gasteiger partial charge in [0.15, 0.2) is 0 Å². The summed E-state index contributed by atoms with van der Waals surface area (Å²) < 4.78 is 0.770. The van der Waals surface area contributed by atoms with Crippen molar-refractivity contribution < 1.29 is 19.5 Å². The van der Waals surface area contributed by atoms with Gasteiger partial charge in [-0.3, -0.25) is 14.4 Å². The molecule has 0 radical (unpaired) electrons. The number of halogens is 1. The molecular weight excluding hydrogens is 364 g/mol.